The number of terminal acetylenes is 1. The lowest BCUT2D eigenvalue weighted by atomic mass is 10.1. The summed E-state index contributed by atoms with van der Waals surface area (Å²) in [6, 6.07) is 3.81. The lowest BCUT2D eigenvalue weighted by Crippen LogP contribution is -2.15. The van der Waals surface area contributed by atoms with Gasteiger partial charge >= 0.3 is 0 Å². The molecule has 0 saturated heterocycles. The molecule has 0 unspecified atom stereocenters. The van der Waals surface area contributed by atoms with Gasteiger partial charge in [0.2, 0.25) is 0 Å². The molecule has 0 aromatic carbocycles. The average Bonchev–Trinajstić information content (AvgIpc) is 2.36. The van der Waals surface area contributed by atoms with E-state index in [0.717, 1.165) is 9.75 Å². The Morgan fingerprint density at radius 3 is 2.64 bits per heavy atom. The quantitative estimate of drug-likeness (QED) is 0.632. The molecule has 0 aliphatic rings. The first-order chi connectivity index (χ1) is 5.06. The largest absolute Gasteiger partial charge is 0.373 e. The summed E-state index contributed by atoms with van der Waals surface area (Å²) in [4.78, 5) is 1.99. The van der Waals surface area contributed by atoms with Crippen molar-refractivity contribution in [3.05, 3.63) is 21.9 Å². The van der Waals surface area contributed by atoms with Crippen molar-refractivity contribution >= 4 is 11.3 Å². The molecule has 0 aliphatic heterocycles. The van der Waals surface area contributed by atoms with Crippen LogP contribution in [0.5, 0.6) is 0 Å². The molecule has 1 heterocycles. The van der Waals surface area contributed by atoms with E-state index in [0.29, 0.717) is 0 Å². The normalized spacial score (nSPS) is 15.5. The molecule has 0 bridgehead atoms. The highest BCUT2D eigenvalue weighted by Gasteiger charge is 2.20. The minimum atomic E-state index is -1.10. The van der Waals surface area contributed by atoms with Crippen LogP contribution in [0.2, 0.25) is 0 Å². The van der Waals surface area contributed by atoms with Crippen molar-refractivity contribution in [1.29, 1.82) is 0 Å². The smallest absolute Gasteiger partial charge is 0.156 e. The van der Waals surface area contributed by atoms with E-state index in [-0.39, 0.29) is 0 Å². The van der Waals surface area contributed by atoms with Crippen LogP contribution in [0.25, 0.3) is 0 Å². The van der Waals surface area contributed by atoms with Gasteiger partial charge in [0.1, 0.15) is 0 Å². The molecule has 1 nitrogen and oxygen atoms in total. The molecule has 11 heavy (non-hydrogen) atoms. The van der Waals surface area contributed by atoms with E-state index in [1.807, 2.05) is 19.1 Å². The molecule has 0 saturated carbocycles. The number of aliphatic hydroxyl groups is 1. The van der Waals surface area contributed by atoms with Crippen molar-refractivity contribution in [2.24, 2.45) is 0 Å². The second kappa shape index (κ2) is 2.69. The Bertz CT molecular complexity index is 291. The van der Waals surface area contributed by atoms with Gasteiger partial charge in [0.05, 0.1) is 0 Å². The molecule has 0 aliphatic carbocycles. The minimum absolute atomic E-state index is 0.831. The van der Waals surface area contributed by atoms with Crippen LogP contribution in [0.1, 0.15) is 16.7 Å². The topological polar surface area (TPSA) is 20.2 Å². The second-order valence-electron chi connectivity index (χ2n) is 2.63. The van der Waals surface area contributed by atoms with E-state index in [2.05, 4.69) is 5.92 Å². The van der Waals surface area contributed by atoms with E-state index in [4.69, 9.17) is 6.42 Å². The van der Waals surface area contributed by atoms with Gasteiger partial charge in [0, 0.05) is 9.75 Å². The van der Waals surface area contributed by atoms with E-state index in [1.165, 1.54) is 11.3 Å². The van der Waals surface area contributed by atoms with Gasteiger partial charge in [0.15, 0.2) is 5.60 Å². The van der Waals surface area contributed by atoms with Crippen LogP contribution in [0.3, 0.4) is 0 Å². The van der Waals surface area contributed by atoms with Crippen molar-refractivity contribution in [3.8, 4) is 12.3 Å². The Labute approximate surface area is 70.7 Å². The highest BCUT2D eigenvalue weighted by Crippen LogP contribution is 2.26. The lowest BCUT2D eigenvalue weighted by molar-refractivity contribution is 0.126. The Hall–Kier alpha value is -0.780. The molecular weight excluding hydrogens is 156 g/mol. The maximum absolute atomic E-state index is 9.58. The Balaban J connectivity index is 3.04. The SMILES string of the molecule is C#C[C@@](C)(O)c1ccc(C)s1. The zero-order valence-electron chi connectivity index (χ0n) is 6.59. The van der Waals surface area contributed by atoms with Crippen LogP contribution in [0.4, 0.5) is 0 Å². The van der Waals surface area contributed by atoms with Crippen LogP contribution in [-0.2, 0) is 5.60 Å². The van der Waals surface area contributed by atoms with Gasteiger partial charge < -0.3 is 5.11 Å². The molecule has 1 aromatic heterocycles. The van der Waals surface area contributed by atoms with Crippen LogP contribution >= 0.6 is 11.3 Å². The Morgan fingerprint density at radius 1 is 1.64 bits per heavy atom. The molecule has 0 spiro atoms. The second-order valence-corrected chi connectivity index (χ2v) is 3.91. The fourth-order valence-corrected chi connectivity index (χ4v) is 1.64. The minimum Gasteiger partial charge on any atom is -0.373 e. The number of rotatable bonds is 1. The molecule has 1 rings (SSSR count). The summed E-state index contributed by atoms with van der Waals surface area (Å²) in [6.07, 6.45) is 5.15. The molecule has 1 N–H and O–H groups in total. The van der Waals surface area contributed by atoms with Gasteiger partial charge in [0.25, 0.3) is 0 Å². The van der Waals surface area contributed by atoms with Gasteiger partial charge in [-0.2, -0.15) is 0 Å². The fourth-order valence-electron chi connectivity index (χ4n) is 0.767. The van der Waals surface area contributed by atoms with Crippen LogP contribution in [-0.4, -0.2) is 5.11 Å². The molecule has 0 amide bonds. The zero-order valence-corrected chi connectivity index (χ0v) is 7.40. The number of thiophene rings is 1. The maximum atomic E-state index is 9.58. The summed E-state index contributed by atoms with van der Waals surface area (Å²) in [6.45, 7) is 3.61. The highest BCUT2D eigenvalue weighted by atomic mass is 32.1. The average molecular weight is 166 g/mol. The summed E-state index contributed by atoms with van der Waals surface area (Å²) in [5.74, 6) is 2.34. The number of aryl methyl sites for hydroxylation is 1. The highest BCUT2D eigenvalue weighted by molar-refractivity contribution is 7.12. The van der Waals surface area contributed by atoms with Crippen molar-refractivity contribution in [2.45, 2.75) is 19.4 Å². The van der Waals surface area contributed by atoms with Crippen LogP contribution < -0.4 is 0 Å². The van der Waals surface area contributed by atoms with E-state index in [1.54, 1.807) is 6.92 Å². The Kier molecular flexibility index (Phi) is 2.03. The molecule has 0 radical (unpaired) electrons. The van der Waals surface area contributed by atoms with E-state index < -0.39 is 5.60 Å². The predicted molar refractivity (Wildman–Crippen MR) is 47.5 cm³/mol. The zero-order chi connectivity index (χ0) is 8.48. The first-order valence-electron chi connectivity index (χ1n) is 3.33. The van der Waals surface area contributed by atoms with Crippen molar-refractivity contribution in [1.82, 2.24) is 0 Å². The molecule has 0 fully saturated rings. The number of hydrogen-bond donors (Lipinski definition) is 1. The van der Waals surface area contributed by atoms with Crippen molar-refractivity contribution in [3.63, 3.8) is 0 Å². The van der Waals surface area contributed by atoms with E-state index >= 15 is 0 Å². The standard InChI is InChI=1S/C9H10OS/c1-4-9(3,10)8-6-5-7(2)11-8/h1,5-6,10H,2-3H3/t9-/m1/s1. The maximum Gasteiger partial charge on any atom is 0.156 e. The monoisotopic (exact) mass is 166 g/mol. The third-order valence-electron chi connectivity index (χ3n) is 1.50. The molecule has 1 aromatic rings. The summed E-state index contributed by atoms with van der Waals surface area (Å²) < 4.78 is 0. The van der Waals surface area contributed by atoms with E-state index in [9.17, 15) is 5.11 Å². The van der Waals surface area contributed by atoms with Gasteiger partial charge in [-0.1, -0.05) is 5.92 Å². The van der Waals surface area contributed by atoms with Crippen LogP contribution in [0, 0.1) is 19.3 Å². The van der Waals surface area contributed by atoms with Crippen molar-refractivity contribution < 1.29 is 5.11 Å². The first-order valence-corrected chi connectivity index (χ1v) is 4.15. The lowest BCUT2D eigenvalue weighted by Gasteiger charge is -2.12. The summed E-state index contributed by atoms with van der Waals surface area (Å²) in [5.41, 5.74) is -1.10. The first kappa shape index (κ1) is 8.32. The molecule has 58 valence electrons. The van der Waals surface area contributed by atoms with Gasteiger partial charge in [-0.25, -0.2) is 0 Å². The van der Waals surface area contributed by atoms with Crippen LogP contribution in [0.15, 0.2) is 12.1 Å². The van der Waals surface area contributed by atoms with Gasteiger partial charge in [-0.15, -0.1) is 17.8 Å². The molecule has 2 heteroatoms. The third kappa shape index (κ3) is 1.62. The number of hydrogen-bond acceptors (Lipinski definition) is 2. The predicted octanol–water partition coefficient (Wildman–Crippen LogP) is 1.90. The summed E-state index contributed by atoms with van der Waals surface area (Å²) in [7, 11) is 0. The fraction of sp³-hybridized carbons (Fsp3) is 0.333. The third-order valence-corrected chi connectivity index (χ3v) is 2.71. The van der Waals surface area contributed by atoms with Crippen molar-refractivity contribution in [2.75, 3.05) is 0 Å². The summed E-state index contributed by atoms with van der Waals surface area (Å²) in [5, 5.41) is 9.58. The summed E-state index contributed by atoms with van der Waals surface area (Å²) >= 11 is 1.53. The van der Waals surface area contributed by atoms with Gasteiger partial charge in [-0.05, 0) is 26.0 Å². The Morgan fingerprint density at radius 2 is 2.27 bits per heavy atom. The molecular formula is C9H10OS. The molecule has 1 atom stereocenters. The van der Waals surface area contributed by atoms with Gasteiger partial charge in [-0.3, -0.25) is 0 Å².